The van der Waals surface area contributed by atoms with Crippen molar-refractivity contribution in [3.05, 3.63) is 102 Å². The van der Waals surface area contributed by atoms with Crippen LogP contribution < -0.4 is 15.4 Å². The average Bonchev–Trinajstić information content (AvgIpc) is 2.98. The number of hydrogen-bond acceptors (Lipinski definition) is 8. The number of esters is 1. The van der Waals surface area contributed by atoms with Gasteiger partial charge in [0.25, 0.3) is 5.91 Å². The van der Waals surface area contributed by atoms with E-state index in [2.05, 4.69) is 15.4 Å². The molecular weight excluding hydrogens is 574 g/mol. The third-order valence-corrected chi connectivity index (χ3v) is 7.21. The van der Waals surface area contributed by atoms with Gasteiger partial charge in [-0.1, -0.05) is 60.7 Å². The van der Waals surface area contributed by atoms with Crippen molar-refractivity contribution in [2.24, 2.45) is 0 Å². The number of sulfonamides is 1. The molecule has 0 aromatic heterocycles. The molecule has 0 aliphatic rings. The second-order valence-electron chi connectivity index (χ2n) is 10.5. The molecule has 0 saturated carbocycles. The molecule has 0 aliphatic heterocycles. The summed E-state index contributed by atoms with van der Waals surface area (Å²) < 4.78 is 44.1. The van der Waals surface area contributed by atoms with E-state index in [1.54, 1.807) is 63.2 Å². The van der Waals surface area contributed by atoms with Crippen LogP contribution in [0.2, 0.25) is 0 Å². The summed E-state index contributed by atoms with van der Waals surface area (Å²) >= 11 is 0. The van der Waals surface area contributed by atoms with Crippen molar-refractivity contribution in [1.29, 1.82) is 0 Å². The van der Waals surface area contributed by atoms with Crippen LogP contribution in [0.3, 0.4) is 0 Å². The maximum atomic E-state index is 12.8. The van der Waals surface area contributed by atoms with Crippen molar-refractivity contribution in [1.82, 2.24) is 15.4 Å². The number of hydrogen-bond donors (Lipinski definition) is 3. The molecule has 0 unspecified atom stereocenters. The van der Waals surface area contributed by atoms with Crippen LogP contribution in [-0.4, -0.2) is 57.7 Å². The van der Waals surface area contributed by atoms with Crippen LogP contribution in [0.4, 0.5) is 4.79 Å². The van der Waals surface area contributed by atoms with Crippen LogP contribution in [0.5, 0.6) is 0 Å². The largest absolute Gasteiger partial charge is 0.459 e. The van der Waals surface area contributed by atoms with Gasteiger partial charge in [0.1, 0.15) is 18.2 Å². The highest BCUT2D eigenvalue weighted by Gasteiger charge is 2.30. The quantitative estimate of drug-likeness (QED) is 0.185. The Morgan fingerprint density at radius 1 is 0.791 bits per heavy atom. The molecule has 43 heavy (non-hydrogen) atoms. The molecule has 12 heteroatoms. The van der Waals surface area contributed by atoms with Crippen LogP contribution in [-0.2, 0) is 42.2 Å². The van der Waals surface area contributed by atoms with Crippen molar-refractivity contribution < 1.29 is 37.0 Å². The Morgan fingerprint density at radius 3 is 2.02 bits per heavy atom. The first-order chi connectivity index (χ1) is 20.4. The van der Waals surface area contributed by atoms with Gasteiger partial charge in [0.15, 0.2) is 0 Å². The summed E-state index contributed by atoms with van der Waals surface area (Å²) in [4.78, 5) is 37.3. The molecule has 11 nitrogen and oxygen atoms in total. The average molecular weight is 612 g/mol. The van der Waals surface area contributed by atoms with Gasteiger partial charge < -0.3 is 24.8 Å². The maximum absolute atomic E-state index is 12.8. The minimum atomic E-state index is -4.06. The van der Waals surface area contributed by atoms with Crippen molar-refractivity contribution in [2.45, 2.75) is 50.5 Å². The van der Waals surface area contributed by atoms with Crippen LogP contribution in [0.1, 0.15) is 42.3 Å². The lowest BCUT2D eigenvalue weighted by atomic mass is 10.1. The van der Waals surface area contributed by atoms with Gasteiger partial charge in [-0.3, -0.25) is 9.59 Å². The number of ether oxygens (including phenoxy) is 3. The fraction of sp³-hybridized carbons (Fsp3) is 0.323. The van der Waals surface area contributed by atoms with Crippen molar-refractivity contribution in [3.63, 3.8) is 0 Å². The van der Waals surface area contributed by atoms with Gasteiger partial charge in [0.05, 0.1) is 18.1 Å². The molecule has 230 valence electrons. The normalized spacial score (nSPS) is 12.2. The lowest BCUT2D eigenvalue weighted by Gasteiger charge is -2.24. The zero-order chi connectivity index (χ0) is 31.3. The molecule has 0 saturated heterocycles. The Labute approximate surface area is 252 Å². The monoisotopic (exact) mass is 611 g/mol. The minimum Gasteiger partial charge on any atom is -0.459 e. The predicted molar refractivity (Wildman–Crippen MR) is 159 cm³/mol. The lowest BCUT2D eigenvalue weighted by molar-refractivity contribution is -0.156. The van der Waals surface area contributed by atoms with Crippen LogP contribution in [0.25, 0.3) is 0 Å². The van der Waals surface area contributed by atoms with E-state index in [1.807, 2.05) is 30.3 Å². The SMILES string of the molecule is CC(C)(C)OC(=O)[C@H](CNC(=O)c1ccc(COCCNC(=O)OCc2ccccc2)cc1)NS(=O)(=O)c1ccccc1. The molecule has 0 aliphatic carbocycles. The van der Waals surface area contributed by atoms with E-state index in [-0.39, 0.29) is 37.8 Å². The molecule has 3 aromatic carbocycles. The Morgan fingerprint density at radius 2 is 1.40 bits per heavy atom. The Hall–Kier alpha value is -4.26. The Kier molecular flexibility index (Phi) is 12.2. The summed E-state index contributed by atoms with van der Waals surface area (Å²) in [5.74, 6) is -1.32. The van der Waals surface area contributed by atoms with Crippen molar-refractivity contribution in [2.75, 3.05) is 19.7 Å². The molecule has 3 aromatic rings. The summed E-state index contributed by atoms with van der Waals surface area (Å²) in [6.07, 6.45) is -0.537. The highest BCUT2D eigenvalue weighted by molar-refractivity contribution is 7.89. The molecule has 0 bridgehead atoms. The third-order valence-electron chi connectivity index (χ3n) is 5.72. The molecule has 0 fully saturated rings. The zero-order valence-corrected chi connectivity index (χ0v) is 25.2. The Balaban J connectivity index is 1.46. The van der Waals surface area contributed by atoms with Crippen LogP contribution >= 0.6 is 0 Å². The summed E-state index contributed by atoms with van der Waals surface area (Å²) in [7, 11) is -4.06. The van der Waals surface area contributed by atoms with Crippen molar-refractivity contribution >= 4 is 28.0 Å². The van der Waals surface area contributed by atoms with Gasteiger partial charge in [0, 0.05) is 18.7 Å². The first-order valence-electron chi connectivity index (χ1n) is 13.6. The number of amides is 2. The fourth-order valence-corrected chi connectivity index (χ4v) is 4.85. The van der Waals surface area contributed by atoms with E-state index in [0.717, 1.165) is 11.1 Å². The number of alkyl carbamates (subject to hydrolysis) is 1. The summed E-state index contributed by atoms with van der Waals surface area (Å²) in [5, 5.41) is 5.22. The molecule has 2 amide bonds. The molecule has 1 atom stereocenters. The third kappa shape index (κ3) is 11.9. The zero-order valence-electron chi connectivity index (χ0n) is 24.4. The minimum absolute atomic E-state index is 0.0218. The van der Waals surface area contributed by atoms with Gasteiger partial charge in [-0.05, 0) is 56.2 Å². The van der Waals surface area contributed by atoms with E-state index < -0.39 is 39.6 Å². The van der Waals surface area contributed by atoms with E-state index in [9.17, 15) is 22.8 Å². The number of benzene rings is 3. The highest BCUT2D eigenvalue weighted by atomic mass is 32.2. The number of carbonyl (C=O) groups is 3. The van der Waals surface area contributed by atoms with Gasteiger partial charge in [-0.15, -0.1) is 0 Å². The smallest absolute Gasteiger partial charge is 0.407 e. The maximum Gasteiger partial charge on any atom is 0.407 e. The number of carbonyl (C=O) groups excluding carboxylic acids is 3. The van der Waals surface area contributed by atoms with E-state index in [4.69, 9.17) is 14.2 Å². The van der Waals surface area contributed by atoms with Crippen molar-refractivity contribution in [3.8, 4) is 0 Å². The van der Waals surface area contributed by atoms with Crippen LogP contribution in [0, 0.1) is 0 Å². The molecule has 0 spiro atoms. The lowest BCUT2D eigenvalue weighted by Crippen LogP contribution is -2.50. The molecule has 0 radical (unpaired) electrons. The van der Waals surface area contributed by atoms with E-state index >= 15 is 0 Å². The van der Waals surface area contributed by atoms with Gasteiger partial charge >= 0.3 is 12.1 Å². The molecular formula is C31H37N3O8S. The summed E-state index contributed by atoms with van der Waals surface area (Å²) in [6.45, 7) is 5.61. The first kappa shape index (κ1) is 33.2. The molecule has 3 N–H and O–H groups in total. The standard InChI is InChI=1S/C31H37N3O8S/c1-31(2,3)42-29(36)27(34-43(38,39)26-12-8-5-9-13-26)20-33-28(35)25-16-14-24(15-17-25)21-40-19-18-32-30(37)41-22-23-10-6-4-7-11-23/h4-17,27,34H,18-22H2,1-3H3,(H,32,37)(H,33,35)/t27-/m0/s1. The van der Waals surface area contributed by atoms with Gasteiger partial charge in [-0.2, -0.15) is 4.72 Å². The van der Waals surface area contributed by atoms with Gasteiger partial charge in [0.2, 0.25) is 10.0 Å². The van der Waals surface area contributed by atoms with Crippen LogP contribution in [0.15, 0.2) is 89.8 Å². The first-order valence-corrected chi connectivity index (χ1v) is 15.1. The summed E-state index contributed by atoms with van der Waals surface area (Å²) in [6, 6.07) is 22.2. The fourth-order valence-electron chi connectivity index (χ4n) is 3.64. The molecule has 0 heterocycles. The second-order valence-corrected chi connectivity index (χ2v) is 12.2. The van der Waals surface area contributed by atoms with E-state index in [1.165, 1.54) is 12.1 Å². The predicted octanol–water partition coefficient (Wildman–Crippen LogP) is 3.55. The molecule has 3 rings (SSSR count). The number of nitrogens with one attached hydrogen (secondary N) is 3. The Bertz CT molecular complexity index is 1440. The topological polar surface area (TPSA) is 149 Å². The highest BCUT2D eigenvalue weighted by Crippen LogP contribution is 2.12. The number of rotatable bonds is 14. The van der Waals surface area contributed by atoms with Gasteiger partial charge in [-0.25, -0.2) is 13.2 Å². The van der Waals surface area contributed by atoms with E-state index in [0.29, 0.717) is 5.56 Å². The summed E-state index contributed by atoms with van der Waals surface area (Å²) in [5.41, 5.74) is 1.13. The second kappa shape index (κ2) is 15.8.